The van der Waals surface area contributed by atoms with Crippen LogP contribution in [0.5, 0.6) is 5.75 Å². The molecule has 4 heteroatoms. The molecule has 3 aromatic rings. The van der Waals surface area contributed by atoms with Gasteiger partial charge in [0.1, 0.15) is 5.75 Å². The molecule has 0 aliphatic carbocycles. The molecule has 1 aliphatic rings. The molecule has 4 nitrogen and oxygen atoms in total. The highest BCUT2D eigenvalue weighted by atomic mass is 16.3. The Morgan fingerprint density at radius 3 is 2.58 bits per heavy atom. The van der Waals surface area contributed by atoms with E-state index in [2.05, 4.69) is 66.5 Å². The third kappa shape index (κ3) is 5.45. The summed E-state index contributed by atoms with van der Waals surface area (Å²) in [6.07, 6.45) is 2.53. The van der Waals surface area contributed by atoms with Crippen LogP contribution in [0.3, 0.4) is 0 Å². The monoisotopic (exact) mass is 418 g/mol. The molecule has 0 unspecified atom stereocenters. The van der Waals surface area contributed by atoms with Gasteiger partial charge in [-0.2, -0.15) is 0 Å². The van der Waals surface area contributed by atoms with Gasteiger partial charge in [0.25, 0.3) is 0 Å². The van der Waals surface area contributed by atoms with Crippen molar-refractivity contribution in [1.29, 1.82) is 0 Å². The molecule has 1 fully saturated rings. The first kappa shape index (κ1) is 21.8. The molecule has 0 bridgehead atoms. The number of phenolic OH excluding ortho intramolecular Hbond substituents is 1. The maximum atomic E-state index is 11.0. The largest absolute Gasteiger partial charge is 0.508 e. The highest BCUT2D eigenvalue weighted by Crippen LogP contribution is 2.26. The van der Waals surface area contributed by atoms with E-state index in [1.807, 2.05) is 18.2 Å². The maximum Gasteiger partial charge on any atom is 0.120 e. The van der Waals surface area contributed by atoms with Crippen LogP contribution < -0.4 is 5.32 Å². The summed E-state index contributed by atoms with van der Waals surface area (Å²) in [7, 11) is 0. The number of nitrogens with one attached hydrogen (secondary N) is 1. The van der Waals surface area contributed by atoms with Gasteiger partial charge in [0.05, 0.1) is 6.10 Å². The molecule has 0 radical (unpaired) electrons. The van der Waals surface area contributed by atoms with Gasteiger partial charge in [-0.25, -0.2) is 0 Å². The summed E-state index contributed by atoms with van der Waals surface area (Å²) in [5, 5.41) is 27.2. The number of para-hydroxylation sites is 1. The van der Waals surface area contributed by atoms with Crippen LogP contribution in [0.2, 0.25) is 0 Å². The summed E-state index contributed by atoms with van der Waals surface area (Å²) in [6.45, 7) is 6.58. The molecule has 0 saturated carbocycles. The second kappa shape index (κ2) is 9.39. The smallest absolute Gasteiger partial charge is 0.120 e. The molecular formula is C27H34N2O2. The number of rotatable bonds is 8. The average molecular weight is 419 g/mol. The van der Waals surface area contributed by atoms with Gasteiger partial charge in [0, 0.05) is 30.2 Å². The Morgan fingerprint density at radius 1 is 1.03 bits per heavy atom. The molecule has 31 heavy (non-hydrogen) atoms. The molecule has 1 heterocycles. The SMILES string of the molecule is CC(C)(Cc1ccc2ccccc2c1)NC[C@@H](O)[C@H]1CCCN1Cc1ccccc1O. The molecule has 164 valence electrons. The molecule has 2 atom stereocenters. The summed E-state index contributed by atoms with van der Waals surface area (Å²) in [6, 6.07) is 22.7. The average Bonchev–Trinajstić information content (AvgIpc) is 3.22. The maximum absolute atomic E-state index is 11.0. The van der Waals surface area contributed by atoms with Crippen LogP contribution in [0, 0.1) is 0 Å². The van der Waals surface area contributed by atoms with E-state index in [9.17, 15) is 10.2 Å². The number of aliphatic hydroxyl groups is 1. The van der Waals surface area contributed by atoms with E-state index >= 15 is 0 Å². The number of β-amino-alcohol motifs (C(OH)–C–C–N with tert-alkyl or cyclic N) is 1. The Hall–Kier alpha value is -2.40. The molecular weight excluding hydrogens is 384 g/mol. The van der Waals surface area contributed by atoms with Crippen LogP contribution in [-0.2, 0) is 13.0 Å². The molecule has 1 saturated heterocycles. The van der Waals surface area contributed by atoms with Crippen LogP contribution in [0.4, 0.5) is 0 Å². The van der Waals surface area contributed by atoms with Gasteiger partial charge < -0.3 is 15.5 Å². The minimum atomic E-state index is -0.441. The molecule has 3 aromatic carbocycles. The number of aliphatic hydroxyl groups excluding tert-OH is 1. The Balaban J connectivity index is 1.35. The number of benzene rings is 3. The first-order valence-corrected chi connectivity index (χ1v) is 11.3. The predicted molar refractivity (Wildman–Crippen MR) is 127 cm³/mol. The summed E-state index contributed by atoms with van der Waals surface area (Å²) >= 11 is 0. The van der Waals surface area contributed by atoms with E-state index in [0.29, 0.717) is 18.8 Å². The highest BCUT2D eigenvalue weighted by molar-refractivity contribution is 5.83. The van der Waals surface area contributed by atoms with Crippen molar-refractivity contribution in [2.24, 2.45) is 0 Å². The fourth-order valence-electron chi connectivity index (χ4n) is 4.79. The van der Waals surface area contributed by atoms with Crippen molar-refractivity contribution >= 4 is 10.8 Å². The normalized spacial score (nSPS) is 18.5. The Morgan fingerprint density at radius 2 is 1.77 bits per heavy atom. The lowest BCUT2D eigenvalue weighted by Gasteiger charge is -2.33. The van der Waals surface area contributed by atoms with Crippen LogP contribution >= 0.6 is 0 Å². The number of nitrogens with zero attached hydrogens (tertiary/aromatic N) is 1. The van der Waals surface area contributed by atoms with Gasteiger partial charge in [0.15, 0.2) is 0 Å². The molecule has 0 amide bonds. The molecule has 0 spiro atoms. The lowest BCUT2D eigenvalue weighted by molar-refractivity contribution is 0.0629. The minimum Gasteiger partial charge on any atom is -0.508 e. The van der Waals surface area contributed by atoms with E-state index < -0.39 is 6.10 Å². The van der Waals surface area contributed by atoms with E-state index in [1.165, 1.54) is 16.3 Å². The van der Waals surface area contributed by atoms with Gasteiger partial charge in [-0.05, 0) is 62.1 Å². The van der Waals surface area contributed by atoms with Crippen molar-refractivity contribution in [3.63, 3.8) is 0 Å². The number of hydrogen-bond acceptors (Lipinski definition) is 4. The first-order valence-electron chi connectivity index (χ1n) is 11.3. The van der Waals surface area contributed by atoms with E-state index in [4.69, 9.17) is 0 Å². The lowest BCUT2D eigenvalue weighted by atomic mass is 9.93. The number of likely N-dealkylation sites (tertiary alicyclic amines) is 1. The Bertz CT molecular complexity index is 1020. The third-order valence-corrected chi connectivity index (χ3v) is 6.47. The summed E-state index contributed by atoms with van der Waals surface area (Å²) in [4.78, 5) is 2.30. The number of phenols is 1. The fraction of sp³-hybridized carbons (Fsp3) is 0.407. The van der Waals surface area contributed by atoms with Crippen molar-refractivity contribution in [1.82, 2.24) is 10.2 Å². The van der Waals surface area contributed by atoms with Gasteiger partial charge in [-0.15, -0.1) is 0 Å². The van der Waals surface area contributed by atoms with Gasteiger partial charge in [-0.1, -0.05) is 60.7 Å². The summed E-state index contributed by atoms with van der Waals surface area (Å²) in [5.74, 6) is 0.331. The Labute approximate surface area is 185 Å². The van der Waals surface area contributed by atoms with Crippen molar-refractivity contribution < 1.29 is 10.2 Å². The predicted octanol–water partition coefficient (Wildman–Crippen LogP) is 4.48. The highest BCUT2D eigenvalue weighted by Gasteiger charge is 2.32. The zero-order valence-corrected chi connectivity index (χ0v) is 18.6. The standard InChI is InChI=1S/C27H34N2O2/c1-27(2,17-20-13-14-21-8-3-4-9-22(21)16-20)28-18-26(31)24-11-7-15-29(24)19-23-10-5-6-12-25(23)30/h3-6,8-10,12-14,16,24,26,28,30-31H,7,11,15,17-19H2,1-2H3/t24-,26-/m1/s1. The van der Waals surface area contributed by atoms with Gasteiger partial charge in [0.2, 0.25) is 0 Å². The topological polar surface area (TPSA) is 55.7 Å². The molecule has 0 aromatic heterocycles. The van der Waals surface area contributed by atoms with Crippen LogP contribution in [0.25, 0.3) is 10.8 Å². The summed E-state index contributed by atoms with van der Waals surface area (Å²) < 4.78 is 0. The second-order valence-corrected chi connectivity index (χ2v) is 9.50. The van der Waals surface area contributed by atoms with Crippen LogP contribution in [-0.4, -0.2) is 45.9 Å². The van der Waals surface area contributed by atoms with Gasteiger partial charge in [-0.3, -0.25) is 4.90 Å². The second-order valence-electron chi connectivity index (χ2n) is 9.50. The quantitative estimate of drug-likeness (QED) is 0.505. The van der Waals surface area contributed by atoms with Crippen molar-refractivity contribution in [3.05, 3.63) is 77.9 Å². The number of fused-ring (bicyclic) bond motifs is 1. The first-order chi connectivity index (χ1) is 14.9. The van der Waals surface area contributed by atoms with Crippen LogP contribution in [0.15, 0.2) is 66.7 Å². The lowest BCUT2D eigenvalue weighted by Crippen LogP contribution is -2.50. The Kier molecular flexibility index (Phi) is 6.61. The molecule has 1 aliphatic heterocycles. The fourth-order valence-corrected chi connectivity index (χ4v) is 4.79. The van der Waals surface area contributed by atoms with Crippen molar-refractivity contribution in [2.75, 3.05) is 13.1 Å². The van der Waals surface area contributed by atoms with E-state index in [-0.39, 0.29) is 11.6 Å². The zero-order chi connectivity index (χ0) is 21.8. The number of hydrogen-bond donors (Lipinski definition) is 3. The van der Waals surface area contributed by atoms with Gasteiger partial charge >= 0.3 is 0 Å². The third-order valence-electron chi connectivity index (χ3n) is 6.47. The van der Waals surface area contributed by atoms with Crippen LogP contribution in [0.1, 0.15) is 37.8 Å². The van der Waals surface area contributed by atoms with Crippen molar-refractivity contribution in [2.45, 2.75) is 57.3 Å². The summed E-state index contributed by atoms with van der Waals surface area (Å²) in [5.41, 5.74) is 2.10. The zero-order valence-electron chi connectivity index (χ0n) is 18.6. The van der Waals surface area contributed by atoms with Crippen molar-refractivity contribution in [3.8, 4) is 5.75 Å². The minimum absolute atomic E-state index is 0.114. The van der Waals surface area contributed by atoms with E-state index in [1.54, 1.807) is 6.07 Å². The van der Waals surface area contributed by atoms with E-state index in [0.717, 1.165) is 31.4 Å². The molecule has 4 rings (SSSR count). The molecule has 3 N–H and O–H groups in total. The number of aromatic hydroxyl groups is 1.